The highest BCUT2D eigenvalue weighted by molar-refractivity contribution is 7.91. The summed E-state index contributed by atoms with van der Waals surface area (Å²) in [6.07, 6.45) is 2.64. The molecule has 0 spiro atoms. The van der Waals surface area contributed by atoms with Gasteiger partial charge in [0.15, 0.2) is 0 Å². The van der Waals surface area contributed by atoms with Crippen LogP contribution < -0.4 is 25.8 Å². The first kappa shape index (κ1) is 37.6. The second kappa shape index (κ2) is 18.0. The van der Waals surface area contributed by atoms with Crippen molar-refractivity contribution in [2.75, 3.05) is 27.3 Å². The average molecular weight is 707 g/mol. The molecule has 1 aromatic heterocycles. The summed E-state index contributed by atoms with van der Waals surface area (Å²) in [5, 5.41) is 6.45. The number of hydrogen-bond acceptors (Lipinski definition) is 8. The third-order valence-electron chi connectivity index (χ3n) is 8.07. The number of hydrogen-bond donors (Lipinski definition) is 3. The number of nitrogens with one attached hydrogen (secondary N) is 2. The fraction of sp³-hybridized carbons (Fsp3) is 0.351. The molecule has 1 saturated heterocycles. The number of primary amides is 1. The van der Waals surface area contributed by atoms with Crippen molar-refractivity contribution in [1.29, 1.82) is 0 Å². The maximum absolute atomic E-state index is 13.2. The summed E-state index contributed by atoms with van der Waals surface area (Å²) in [7, 11) is -0.497. The predicted octanol–water partition coefficient (Wildman–Crippen LogP) is 5.62. The smallest absolute Gasteiger partial charge is 0.252 e. The van der Waals surface area contributed by atoms with Gasteiger partial charge < -0.3 is 25.8 Å². The van der Waals surface area contributed by atoms with E-state index in [0.29, 0.717) is 51.9 Å². The topological polar surface area (TPSA) is 140 Å². The Labute approximate surface area is 293 Å². The predicted molar refractivity (Wildman–Crippen MR) is 194 cm³/mol. The van der Waals surface area contributed by atoms with E-state index in [2.05, 4.69) is 48.7 Å². The molecule has 1 aliphatic rings. The average Bonchev–Trinajstić information content (AvgIpc) is 3.61. The van der Waals surface area contributed by atoms with Crippen LogP contribution in [0.25, 0.3) is 0 Å². The molecule has 1 fully saturated rings. The van der Waals surface area contributed by atoms with Crippen molar-refractivity contribution in [2.45, 2.75) is 56.5 Å². The molecule has 0 radical (unpaired) electrons. The summed E-state index contributed by atoms with van der Waals surface area (Å²) in [5.74, 6) is 1.06. The van der Waals surface area contributed by atoms with E-state index in [1.54, 1.807) is 72.1 Å². The van der Waals surface area contributed by atoms with Gasteiger partial charge in [-0.3, -0.25) is 9.59 Å². The van der Waals surface area contributed by atoms with Gasteiger partial charge in [-0.05, 0) is 78.8 Å². The van der Waals surface area contributed by atoms with Crippen molar-refractivity contribution in [1.82, 2.24) is 14.9 Å². The Balaban J connectivity index is 0.000000418. The lowest BCUT2D eigenvalue weighted by molar-refractivity contribution is 0.0949. The molecule has 5 rings (SSSR count). The number of rotatable bonds is 13. The van der Waals surface area contributed by atoms with Gasteiger partial charge in [0.25, 0.3) is 21.8 Å². The number of carbonyl (C=O) groups excluding carboxylic acids is 2. The summed E-state index contributed by atoms with van der Waals surface area (Å²) in [6, 6.07) is 26.2. The van der Waals surface area contributed by atoms with Crippen molar-refractivity contribution in [3.05, 3.63) is 112 Å². The standard InChI is InChI=1S/C29H37N3O4S2.C8H9NO2/c1-21(2)17-22-7-9-23(10-8-22)19-30-25-13-15-32(16-14-25)38(34,35)28-12-11-27(37-28)20-31-29(33)24-5-4-6-26(18-24)36-3;1-11-7-5-3-2-4-6(7)8(9)10/h4-12,18,21,25,30H,13-17,19-20H2,1-3H3,(H,31,33);2-5H,1H3,(H2,9,10). The van der Waals surface area contributed by atoms with Crippen molar-refractivity contribution < 1.29 is 27.5 Å². The number of amides is 2. The fourth-order valence-electron chi connectivity index (χ4n) is 5.43. The molecular weight excluding hydrogens is 661 g/mol. The summed E-state index contributed by atoms with van der Waals surface area (Å²) < 4.78 is 38.4. The fourth-order valence-corrected chi connectivity index (χ4v) is 8.35. The Bertz CT molecular complexity index is 1780. The largest absolute Gasteiger partial charge is 0.497 e. The molecule has 262 valence electrons. The molecule has 4 N–H and O–H groups in total. The maximum Gasteiger partial charge on any atom is 0.252 e. The highest BCUT2D eigenvalue weighted by Gasteiger charge is 2.30. The number of nitrogens with two attached hydrogens (primary N) is 1. The first-order chi connectivity index (χ1) is 23.5. The van der Waals surface area contributed by atoms with E-state index in [1.807, 2.05) is 0 Å². The molecular formula is C37H46N4O6S2. The number of benzene rings is 3. The van der Waals surface area contributed by atoms with Crippen molar-refractivity contribution in [3.63, 3.8) is 0 Å². The van der Waals surface area contributed by atoms with Crippen LogP contribution in [0.1, 0.15) is 63.4 Å². The Hall–Kier alpha value is -4.23. The highest BCUT2D eigenvalue weighted by Crippen LogP contribution is 2.27. The zero-order valence-electron chi connectivity index (χ0n) is 28.5. The maximum atomic E-state index is 13.2. The van der Waals surface area contributed by atoms with E-state index in [4.69, 9.17) is 15.2 Å². The Morgan fingerprint density at radius 3 is 2.22 bits per heavy atom. The first-order valence-corrected chi connectivity index (χ1v) is 18.5. The van der Waals surface area contributed by atoms with Crippen LogP contribution in [0.3, 0.4) is 0 Å². The summed E-state index contributed by atoms with van der Waals surface area (Å²) in [6.45, 7) is 6.49. The second-order valence-electron chi connectivity index (χ2n) is 12.2. The number of nitrogens with zero attached hydrogens (tertiary/aromatic N) is 1. The molecule has 12 heteroatoms. The minimum atomic E-state index is -3.55. The molecule has 0 aliphatic carbocycles. The number of methoxy groups -OCH3 is 2. The van der Waals surface area contributed by atoms with Crippen LogP contribution in [-0.2, 0) is 29.5 Å². The lowest BCUT2D eigenvalue weighted by Crippen LogP contribution is -2.44. The lowest BCUT2D eigenvalue weighted by Gasteiger charge is -2.31. The number of piperidine rings is 1. The molecule has 3 aromatic carbocycles. The van der Waals surface area contributed by atoms with Gasteiger partial charge >= 0.3 is 0 Å². The molecule has 0 unspecified atom stereocenters. The number of thiophene rings is 1. The zero-order valence-corrected chi connectivity index (χ0v) is 30.1. The van der Waals surface area contributed by atoms with Crippen LogP contribution in [0, 0.1) is 5.92 Å². The van der Waals surface area contributed by atoms with E-state index in [1.165, 1.54) is 29.6 Å². The second-order valence-corrected chi connectivity index (χ2v) is 15.5. The molecule has 49 heavy (non-hydrogen) atoms. The summed E-state index contributed by atoms with van der Waals surface area (Å²) in [5.41, 5.74) is 8.58. The van der Waals surface area contributed by atoms with Gasteiger partial charge in [0.1, 0.15) is 15.7 Å². The van der Waals surface area contributed by atoms with E-state index < -0.39 is 15.9 Å². The van der Waals surface area contributed by atoms with Crippen LogP contribution in [0.15, 0.2) is 89.1 Å². The molecule has 2 amide bonds. The van der Waals surface area contributed by atoms with Crippen LogP contribution in [0.2, 0.25) is 0 Å². The number of sulfonamides is 1. The minimum Gasteiger partial charge on any atom is -0.497 e. The van der Waals surface area contributed by atoms with Gasteiger partial charge in [-0.1, -0.05) is 56.3 Å². The molecule has 0 bridgehead atoms. The molecule has 2 heterocycles. The molecule has 1 aliphatic heterocycles. The van der Waals surface area contributed by atoms with Crippen molar-refractivity contribution in [2.24, 2.45) is 11.7 Å². The van der Waals surface area contributed by atoms with Gasteiger partial charge in [0.05, 0.1) is 26.3 Å². The normalized spacial score (nSPS) is 13.7. The van der Waals surface area contributed by atoms with Gasteiger partial charge in [-0.15, -0.1) is 11.3 Å². The van der Waals surface area contributed by atoms with E-state index >= 15 is 0 Å². The van der Waals surface area contributed by atoms with E-state index in [9.17, 15) is 18.0 Å². The Kier molecular flexibility index (Phi) is 13.8. The molecule has 0 atom stereocenters. The third-order valence-corrected chi connectivity index (χ3v) is 11.5. The number of carbonyl (C=O) groups is 2. The van der Waals surface area contributed by atoms with Gasteiger partial charge in [0, 0.05) is 36.1 Å². The van der Waals surface area contributed by atoms with Gasteiger partial charge in [0.2, 0.25) is 0 Å². The number of ether oxygens (including phenoxy) is 2. The lowest BCUT2D eigenvalue weighted by atomic mass is 10.0. The van der Waals surface area contributed by atoms with Crippen LogP contribution in [-0.4, -0.2) is 57.9 Å². The number of para-hydroxylation sites is 1. The quantitative estimate of drug-likeness (QED) is 0.164. The van der Waals surface area contributed by atoms with Crippen molar-refractivity contribution >= 4 is 33.2 Å². The van der Waals surface area contributed by atoms with Crippen LogP contribution in [0.4, 0.5) is 0 Å². The van der Waals surface area contributed by atoms with Crippen LogP contribution >= 0.6 is 11.3 Å². The Morgan fingerprint density at radius 1 is 0.898 bits per heavy atom. The minimum absolute atomic E-state index is 0.234. The highest BCUT2D eigenvalue weighted by atomic mass is 32.2. The molecule has 0 saturated carbocycles. The SMILES string of the molecule is COc1cccc(C(=O)NCc2ccc(S(=O)(=O)N3CCC(NCc4ccc(CC(C)C)cc4)CC3)s2)c1.COc1ccccc1C(N)=O. The zero-order chi connectivity index (χ0) is 35.4. The summed E-state index contributed by atoms with van der Waals surface area (Å²) in [4.78, 5) is 24.0. The Morgan fingerprint density at radius 2 is 1.59 bits per heavy atom. The van der Waals surface area contributed by atoms with Crippen molar-refractivity contribution in [3.8, 4) is 11.5 Å². The monoisotopic (exact) mass is 706 g/mol. The van der Waals surface area contributed by atoms with E-state index in [-0.39, 0.29) is 12.5 Å². The van der Waals surface area contributed by atoms with Crippen LogP contribution in [0.5, 0.6) is 11.5 Å². The van der Waals surface area contributed by atoms with E-state index in [0.717, 1.165) is 30.7 Å². The summed E-state index contributed by atoms with van der Waals surface area (Å²) >= 11 is 1.21. The molecule has 4 aromatic rings. The third kappa shape index (κ3) is 10.9. The van der Waals surface area contributed by atoms with Gasteiger partial charge in [-0.25, -0.2) is 8.42 Å². The molecule has 10 nitrogen and oxygen atoms in total. The first-order valence-electron chi connectivity index (χ1n) is 16.2. The van der Waals surface area contributed by atoms with Gasteiger partial charge in [-0.2, -0.15) is 4.31 Å².